The summed E-state index contributed by atoms with van der Waals surface area (Å²) in [6.07, 6.45) is 0. The van der Waals surface area contributed by atoms with Gasteiger partial charge >= 0.3 is 0 Å². The summed E-state index contributed by atoms with van der Waals surface area (Å²) in [5.41, 5.74) is 0.132. The molecule has 4 aromatic rings. The quantitative estimate of drug-likeness (QED) is 0.335. The first kappa shape index (κ1) is 23.2. The van der Waals surface area contributed by atoms with Crippen molar-refractivity contribution in [2.24, 2.45) is 0 Å². The van der Waals surface area contributed by atoms with E-state index >= 15 is 8.78 Å². The van der Waals surface area contributed by atoms with Crippen LogP contribution < -0.4 is 15.0 Å². The van der Waals surface area contributed by atoms with Crippen molar-refractivity contribution in [3.05, 3.63) is 94.5 Å². The summed E-state index contributed by atoms with van der Waals surface area (Å²) in [5, 5.41) is 0. The summed E-state index contributed by atoms with van der Waals surface area (Å²) in [4.78, 5) is 13.1. The van der Waals surface area contributed by atoms with E-state index in [2.05, 4.69) is 0 Å². The first-order chi connectivity index (χ1) is 16.4. The molecule has 3 aromatic carbocycles. The van der Waals surface area contributed by atoms with Gasteiger partial charge in [0.05, 0.1) is 25.5 Å². The minimum atomic E-state index is -0.844. The van der Waals surface area contributed by atoms with Crippen LogP contribution in [0, 0.1) is 17.5 Å². The van der Waals surface area contributed by atoms with E-state index in [9.17, 15) is 9.18 Å². The van der Waals surface area contributed by atoms with Crippen molar-refractivity contribution in [3.63, 3.8) is 0 Å². The highest BCUT2D eigenvalue weighted by Crippen LogP contribution is 2.43. The summed E-state index contributed by atoms with van der Waals surface area (Å²) in [6.45, 7) is 1.83. The maximum atomic E-state index is 15.1. The van der Waals surface area contributed by atoms with E-state index < -0.39 is 23.0 Å². The molecule has 174 valence electrons. The van der Waals surface area contributed by atoms with Gasteiger partial charge in [-0.2, -0.15) is 0 Å². The second-order valence-corrected chi connectivity index (χ2v) is 7.54. The summed E-state index contributed by atoms with van der Waals surface area (Å²) < 4.78 is 57.2. The standard InChI is InChI=1S/C27H22F3NO3/c1-4-31-24(32)15-20(19-8-5-6-9-21(19)28)25(16-12-17(33-2)14-18(13-16)34-3)27(31)26-22(29)10-7-11-23(26)30/h5-15H,4H2,1-3H3. The van der Waals surface area contributed by atoms with E-state index in [1.807, 2.05) is 0 Å². The van der Waals surface area contributed by atoms with Crippen molar-refractivity contribution in [2.45, 2.75) is 13.5 Å². The van der Waals surface area contributed by atoms with Crippen molar-refractivity contribution in [3.8, 4) is 45.0 Å². The molecule has 7 heteroatoms. The molecule has 0 fully saturated rings. The zero-order chi connectivity index (χ0) is 24.4. The molecule has 4 nitrogen and oxygen atoms in total. The molecule has 0 aliphatic rings. The van der Waals surface area contributed by atoms with Gasteiger partial charge in [-0.15, -0.1) is 0 Å². The first-order valence-electron chi connectivity index (χ1n) is 10.6. The van der Waals surface area contributed by atoms with Crippen molar-refractivity contribution >= 4 is 0 Å². The molecule has 0 aliphatic heterocycles. The average Bonchev–Trinajstić information content (AvgIpc) is 2.83. The third-order valence-corrected chi connectivity index (χ3v) is 5.63. The van der Waals surface area contributed by atoms with Crippen molar-refractivity contribution in [1.82, 2.24) is 4.57 Å². The minimum absolute atomic E-state index is 0.000779. The lowest BCUT2D eigenvalue weighted by Crippen LogP contribution is -2.22. The number of benzene rings is 3. The molecule has 34 heavy (non-hydrogen) atoms. The topological polar surface area (TPSA) is 40.5 Å². The number of aromatic nitrogens is 1. The molecule has 0 N–H and O–H groups in total. The highest BCUT2D eigenvalue weighted by Gasteiger charge is 2.25. The highest BCUT2D eigenvalue weighted by atomic mass is 19.1. The number of ether oxygens (including phenoxy) is 2. The Morgan fingerprint density at radius 3 is 1.88 bits per heavy atom. The number of rotatable bonds is 6. The van der Waals surface area contributed by atoms with Crippen LogP contribution in [0.4, 0.5) is 13.2 Å². The fourth-order valence-electron chi connectivity index (χ4n) is 4.08. The Labute approximate surface area is 194 Å². The van der Waals surface area contributed by atoms with E-state index in [0.717, 1.165) is 12.1 Å². The van der Waals surface area contributed by atoms with Gasteiger partial charge in [0.2, 0.25) is 0 Å². The van der Waals surface area contributed by atoms with Crippen LogP contribution in [-0.4, -0.2) is 18.8 Å². The average molecular weight is 465 g/mol. The maximum Gasteiger partial charge on any atom is 0.251 e. The van der Waals surface area contributed by atoms with Crippen LogP contribution in [0.25, 0.3) is 33.5 Å². The summed E-state index contributed by atoms with van der Waals surface area (Å²) >= 11 is 0. The molecule has 0 spiro atoms. The van der Waals surface area contributed by atoms with E-state index in [1.54, 1.807) is 31.2 Å². The van der Waals surface area contributed by atoms with Gasteiger partial charge in [-0.1, -0.05) is 24.3 Å². The lowest BCUT2D eigenvalue weighted by atomic mass is 9.89. The van der Waals surface area contributed by atoms with Crippen LogP contribution in [0.5, 0.6) is 11.5 Å². The van der Waals surface area contributed by atoms with Crippen molar-refractivity contribution in [1.29, 1.82) is 0 Å². The van der Waals surface area contributed by atoms with E-state index in [0.29, 0.717) is 17.1 Å². The highest BCUT2D eigenvalue weighted by molar-refractivity contribution is 5.94. The van der Waals surface area contributed by atoms with Crippen molar-refractivity contribution < 1.29 is 22.6 Å². The van der Waals surface area contributed by atoms with Gasteiger partial charge in [-0.3, -0.25) is 4.79 Å². The van der Waals surface area contributed by atoms with Crippen LogP contribution in [-0.2, 0) is 6.54 Å². The monoisotopic (exact) mass is 465 g/mol. The van der Waals surface area contributed by atoms with E-state index in [4.69, 9.17) is 9.47 Å². The Morgan fingerprint density at radius 1 is 0.735 bits per heavy atom. The Bertz CT molecular complexity index is 1390. The molecule has 0 saturated carbocycles. The number of methoxy groups -OCH3 is 2. The molecule has 0 unspecified atom stereocenters. The SMILES string of the molecule is CCn1c(-c2c(F)cccc2F)c(-c2cc(OC)cc(OC)c2)c(-c2ccccc2F)cc1=O. The Kier molecular flexibility index (Phi) is 6.45. The van der Waals surface area contributed by atoms with Gasteiger partial charge in [-0.05, 0) is 42.8 Å². The number of hydrogen-bond donors (Lipinski definition) is 0. The molecule has 0 bridgehead atoms. The third-order valence-electron chi connectivity index (χ3n) is 5.63. The number of nitrogens with zero attached hydrogens (tertiary/aromatic N) is 1. The fraction of sp³-hybridized carbons (Fsp3) is 0.148. The summed E-state index contributed by atoms with van der Waals surface area (Å²) in [6, 6.07) is 15.6. The first-order valence-corrected chi connectivity index (χ1v) is 10.6. The van der Waals surface area contributed by atoms with E-state index in [-0.39, 0.29) is 34.5 Å². The van der Waals surface area contributed by atoms with Crippen LogP contribution in [0.15, 0.2) is 71.5 Å². The molecule has 4 rings (SSSR count). The van der Waals surface area contributed by atoms with Gasteiger partial charge in [0.15, 0.2) is 0 Å². The largest absolute Gasteiger partial charge is 0.497 e. The molecule has 1 aromatic heterocycles. The van der Waals surface area contributed by atoms with E-state index in [1.165, 1.54) is 49.1 Å². The Balaban J connectivity index is 2.26. The van der Waals surface area contributed by atoms with Gasteiger partial charge < -0.3 is 14.0 Å². The van der Waals surface area contributed by atoms with Crippen LogP contribution in [0.3, 0.4) is 0 Å². The van der Waals surface area contributed by atoms with Gasteiger partial charge in [0, 0.05) is 35.4 Å². The summed E-state index contributed by atoms with van der Waals surface area (Å²) in [5.74, 6) is -1.43. The zero-order valence-corrected chi connectivity index (χ0v) is 18.9. The second kappa shape index (κ2) is 9.47. The summed E-state index contributed by atoms with van der Waals surface area (Å²) in [7, 11) is 2.95. The van der Waals surface area contributed by atoms with Crippen LogP contribution in [0.1, 0.15) is 6.92 Å². The second-order valence-electron chi connectivity index (χ2n) is 7.54. The molecule has 0 atom stereocenters. The van der Waals surface area contributed by atoms with Crippen molar-refractivity contribution in [2.75, 3.05) is 14.2 Å². The molecule has 0 radical (unpaired) electrons. The smallest absolute Gasteiger partial charge is 0.251 e. The maximum absolute atomic E-state index is 15.1. The predicted molar refractivity (Wildman–Crippen MR) is 126 cm³/mol. The lowest BCUT2D eigenvalue weighted by molar-refractivity contribution is 0.394. The van der Waals surface area contributed by atoms with Gasteiger partial charge in [0.1, 0.15) is 29.0 Å². The Hall–Kier alpha value is -4.00. The molecular formula is C27H22F3NO3. The lowest BCUT2D eigenvalue weighted by Gasteiger charge is -2.22. The number of pyridine rings is 1. The number of halogens is 3. The molecule has 0 saturated heterocycles. The van der Waals surface area contributed by atoms with Crippen LogP contribution in [0.2, 0.25) is 0 Å². The zero-order valence-electron chi connectivity index (χ0n) is 18.9. The fourth-order valence-corrected chi connectivity index (χ4v) is 4.08. The molecule has 1 heterocycles. The third kappa shape index (κ3) is 4.05. The Morgan fingerprint density at radius 2 is 1.32 bits per heavy atom. The molecule has 0 aliphatic carbocycles. The normalized spacial score (nSPS) is 10.9. The minimum Gasteiger partial charge on any atom is -0.497 e. The van der Waals surface area contributed by atoms with Gasteiger partial charge in [0.25, 0.3) is 5.56 Å². The molecule has 0 amide bonds. The van der Waals surface area contributed by atoms with Gasteiger partial charge in [-0.25, -0.2) is 13.2 Å². The predicted octanol–water partition coefficient (Wildman–Crippen LogP) is 6.30. The number of hydrogen-bond acceptors (Lipinski definition) is 3. The molecular weight excluding hydrogens is 443 g/mol. The van der Waals surface area contributed by atoms with Crippen LogP contribution >= 0.6 is 0 Å².